The fourth-order valence-corrected chi connectivity index (χ4v) is 4.02. The first-order chi connectivity index (χ1) is 11.8. The van der Waals surface area contributed by atoms with Crippen LogP contribution in [0, 0.1) is 0 Å². The molecule has 0 spiro atoms. The molecule has 126 valence electrons. The molecule has 1 aliphatic heterocycles. The highest BCUT2D eigenvalue weighted by atomic mass is 32.1. The summed E-state index contributed by atoms with van der Waals surface area (Å²) < 4.78 is 7.21. The molecule has 5 nitrogen and oxygen atoms in total. The van der Waals surface area contributed by atoms with Crippen LogP contribution in [0.4, 0.5) is 0 Å². The van der Waals surface area contributed by atoms with E-state index in [2.05, 4.69) is 26.9 Å². The predicted molar refractivity (Wildman–Crippen MR) is 96.1 cm³/mol. The smallest absolute Gasteiger partial charge is 0.163 e. The maximum Gasteiger partial charge on any atom is 0.163 e. The topological polar surface area (TPSA) is 52.7 Å². The molecule has 3 heterocycles. The number of para-hydroxylation sites is 1. The standard InChI is InChI=1S/C18H21N3O2S/c22-12-11-20-7-9-21(10-8-20)13-14-5-6-16(23-14)18-19-15-3-1-2-4-17(15)24-18/h1-6,22H,7-13H2. The lowest BCUT2D eigenvalue weighted by atomic mass is 10.3. The summed E-state index contributed by atoms with van der Waals surface area (Å²) in [5.41, 5.74) is 1.02. The first-order valence-corrected chi connectivity index (χ1v) is 9.14. The van der Waals surface area contributed by atoms with Crippen molar-refractivity contribution in [2.75, 3.05) is 39.3 Å². The lowest BCUT2D eigenvalue weighted by Gasteiger charge is -2.33. The van der Waals surface area contributed by atoms with Crippen molar-refractivity contribution in [3.05, 3.63) is 42.2 Å². The summed E-state index contributed by atoms with van der Waals surface area (Å²) in [4.78, 5) is 9.35. The number of piperazine rings is 1. The highest BCUT2D eigenvalue weighted by Gasteiger charge is 2.18. The Hall–Kier alpha value is -1.73. The van der Waals surface area contributed by atoms with Crippen LogP contribution in [-0.2, 0) is 6.54 Å². The maximum absolute atomic E-state index is 9.01. The molecule has 6 heteroatoms. The monoisotopic (exact) mass is 343 g/mol. The number of aliphatic hydroxyl groups is 1. The molecular formula is C18H21N3O2S. The lowest BCUT2D eigenvalue weighted by Crippen LogP contribution is -2.46. The van der Waals surface area contributed by atoms with E-state index in [4.69, 9.17) is 9.52 Å². The summed E-state index contributed by atoms with van der Waals surface area (Å²) in [6, 6.07) is 12.2. The van der Waals surface area contributed by atoms with Gasteiger partial charge < -0.3 is 9.52 Å². The highest BCUT2D eigenvalue weighted by Crippen LogP contribution is 2.31. The number of aliphatic hydroxyl groups excluding tert-OH is 1. The van der Waals surface area contributed by atoms with Crippen molar-refractivity contribution in [1.82, 2.24) is 14.8 Å². The molecule has 3 aromatic rings. The van der Waals surface area contributed by atoms with Gasteiger partial charge in [0.05, 0.1) is 23.4 Å². The van der Waals surface area contributed by atoms with Crippen LogP contribution in [0.1, 0.15) is 5.76 Å². The fraction of sp³-hybridized carbons (Fsp3) is 0.389. The molecule has 1 aliphatic rings. The number of hydrogen-bond acceptors (Lipinski definition) is 6. The second-order valence-electron chi connectivity index (χ2n) is 6.09. The Bertz CT molecular complexity index is 772. The van der Waals surface area contributed by atoms with Gasteiger partial charge in [0.25, 0.3) is 0 Å². The molecule has 0 bridgehead atoms. The van der Waals surface area contributed by atoms with E-state index in [9.17, 15) is 0 Å². The number of rotatable bonds is 5. The zero-order chi connectivity index (χ0) is 16.4. The molecule has 1 fully saturated rings. The quantitative estimate of drug-likeness (QED) is 0.772. The Morgan fingerprint density at radius 1 is 1.04 bits per heavy atom. The van der Waals surface area contributed by atoms with E-state index in [0.29, 0.717) is 0 Å². The van der Waals surface area contributed by atoms with Crippen molar-refractivity contribution in [3.63, 3.8) is 0 Å². The Morgan fingerprint density at radius 3 is 2.62 bits per heavy atom. The van der Waals surface area contributed by atoms with Gasteiger partial charge in [-0.05, 0) is 24.3 Å². The summed E-state index contributed by atoms with van der Waals surface area (Å²) in [7, 11) is 0. The van der Waals surface area contributed by atoms with Gasteiger partial charge in [0.15, 0.2) is 10.8 Å². The number of benzene rings is 1. The average Bonchev–Trinajstić information content (AvgIpc) is 3.23. The van der Waals surface area contributed by atoms with Crippen molar-refractivity contribution in [3.8, 4) is 10.8 Å². The van der Waals surface area contributed by atoms with Gasteiger partial charge in [-0.2, -0.15) is 0 Å². The molecule has 2 aromatic heterocycles. The molecular weight excluding hydrogens is 322 g/mol. The molecule has 0 aliphatic carbocycles. The third-order valence-corrected chi connectivity index (χ3v) is 5.48. The molecule has 1 saturated heterocycles. The van der Waals surface area contributed by atoms with Gasteiger partial charge in [-0.3, -0.25) is 9.80 Å². The minimum absolute atomic E-state index is 0.240. The molecule has 1 aromatic carbocycles. The number of fused-ring (bicyclic) bond motifs is 1. The van der Waals surface area contributed by atoms with Crippen molar-refractivity contribution in [2.24, 2.45) is 0 Å². The Labute approximate surface area is 145 Å². The maximum atomic E-state index is 9.01. The van der Waals surface area contributed by atoms with Crippen molar-refractivity contribution in [2.45, 2.75) is 6.54 Å². The fourth-order valence-electron chi connectivity index (χ4n) is 3.09. The van der Waals surface area contributed by atoms with E-state index in [1.165, 1.54) is 4.70 Å². The van der Waals surface area contributed by atoms with Gasteiger partial charge in [0.1, 0.15) is 5.76 Å². The highest BCUT2D eigenvalue weighted by molar-refractivity contribution is 7.21. The molecule has 0 atom stereocenters. The molecule has 4 rings (SSSR count). The molecule has 0 unspecified atom stereocenters. The van der Waals surface area contributed by atoms with E-state index in [-0.39, 0.29) is 6.61 Å². The van der Waals surface area contributed by atoms with Gasteiger partial charge >= 0.3 is 0 Å². The number of thiazole rings is 1. The van der Waals surface area contributed by atoms with E-state index < -0.39 is 0 Å². The summed E-state index contributed by atoms with van der Waals surface area (Å²) in [6.07, 6.45) is 0. The third kappa shape index (κ3) is 3.37. The van der Waals surface area contributed by atoms with Crippen molar-refractivity contribution in [1.29, 1.82) is 0 Å². The summed E-state index contributed by atoms with van der Waals surface area (Å²) in [5, 5.41) is 9.95. The van der Waals surface area contributed by atoms with Crippen LogP contribution in [-0.4, -0.2) is 59.2 Å². The van der Waals surface area contributed by atoms with E-state index >= 15 is 0 Å². The van der Waals surface area contributed by atoms with Crippen LogP contribution in [0.25, 0.3) is 21.0 Å². The minimum atomic E-state index is 0.240. The van der Waals surface area contributed by atoms with Gasteiger partial charge in [0, 0.05) is 32.7 Å². The zero-order valence-electron chi connectivity index (χ0n) is 13.5. The number of furan rings is 1. The number of β-amino-alcohol motifs (C(OH)–C–C–N with tert-alkyl or cyclic N) is 1. The number of hydrogen-bond donors (Lipinski definition) is 1. The second-order valence-corrected chi connectivity index (χ2v) is 7.12. The summed E-state index contributed by atoms with van der Waals surface area (Å²) in [6.45, 7) is 5.88. The lowest BCUT2D eigenvalue weighted by molar-refractivity contribution is 0.104. The van der Waals surface area contributed by atoms with Crippen LogP contribution in [0.3, 0.4) is 0 Å². The molecule has 24 heavy (non-hydrogen) atoms. The molecule has 0 saturated carbocycles. The number of nitrogens with zero attached hydrogens (tertiary/aromatic N) is 3. The molecule has 0 radical (unpaired) electrons. The van der Waals surface area contributed by atoms with E-state index in [1.807, 2.05) is 24.3 Å². The summed E-state index contributed by atoms with van der Waals surface area (Å²) in [5.74, 6) is 1.84. The zero-order valence-corrected chi connectivity index (χ0v) is 14.3. The van der Waals surface area contributed by atoms with Crippen LogP contribution in [0.2, 0.25) is 0 Å². The predicted octanol–water partition coefficient (Wildman–Crippen LogP) is 2.67. The SMILES string of the molecule is OCCN1CCN(Cc2ccc(-c3nc4ccccc4s3)o2)CC1. The Balaban J connectivity index is 1.42. The van der Waals surface area contributed by atoms with E-state index in [1.54, 1.807) is 11.3 Å². The van der Waals surface area contributed by atoms with Crippen molar-refractivity contribution >= 4 is 21.6 Å². The van der Waals surface area contributed by atoms with Crippen LogP contribution < -0.4 is 0 Å². The first kappa shape index (κ1) is 15.8. The van der Waals surface area contributed by atoms with Crippen LogP contribution >= 0.6 is 11.3 Å². The van der Waals surface area contributed by atoms with Gasteiger partial charge in [-0.15, -0.1) is 11.3 Å². The first-order valence-electron chi connectivity index (χ1n) is 8.32. The Morgan fingerprint density at radius 2 is 1.83 bits per heavy atom. The van der Waals surface area contributed by atoms with Crippen LogP contribution in [0.5, 0.6) is 0 Å². The average molecular weight is 343 g/mol. The summed E-state index contributed by atoms with van der Waals surface area (Å²) >= 11 is 1.67. The van der Waals surface area contributed by atoms with Crippen molar-refractivity contribution < 1.29 is 9.52 Å². The Kier molecular flexibility index (Phi) is 4.62. The molecule has 0 amide bonds. The largest absolute Gasteiger partial charge is 0.457 e. The van der Waals surface area contributed by atoms with Gasteiger partial charge in [0.2, 0.25) is 0 Å². The normalized spacial score (nSPS) is 16.9. The third-order valence-electron chi connectivity index (χ3n) is 4.43. The van der Waals surface area contributed by atoms with E-state index in [0.717, 1.165) is 61.3 Å². The minimum Gasteiger partial charge on any atom is -0.457 e. The van der Waals surface area contributed by atoms with Crippen LogP contribution in [0.15, 0.2) is 40.8 Å². The second kappa shape index (κ2) is 7.03. The van der Waals surface area contributed by atoms with Gasteiger partial charge in [-0.1, -0.05) is 12.1 Å². The van der Waals surface area contributed by atoms with Gasteiger partial charge in [-0.25, -0.2) is 4.98 Å². The molecule has 1 N–H and O–H groups in total. The number of aromatic nitrogens is 1.